The zero-order valence-corrected chi connectivity index (χ0v) is 50.3. The van der Waals surface area contributed by atoms with Crippen LogP contribution >= 0.6 is 23.2 Å². The first kappa shape index (κ1) is 64.4. The van der Waals surface area contributed by atoms with Gasteiger partial charge in [0, 0.05) is 58.1 Å². The minimum Gasteiger partial charge on any atom is -0.478 e. The van der Waals surface area contributed by atoms with Crippen LogP contribution in [-0.2, 0) is 35.5 Å². The van der Waals surface area contributed by atoms with Gasteiger partial charge >= 0.3 is 11.9 Å². The Morgan fingerprint density at radius 3 is 1.22 bits per heavy atom. The summed E-state index contributed by atoms with van der Waals surface area (Å²) in [5.41, 5.74) is -2.00. The fraction of sp³-hybridized carbons (Fsp3) is 0.242. The van der Waals surface area contributed by atoms with Crippen molar-refractivity contribution in [3.8, 4) is 34.3 Å². The average Bonchev–Trinajstić information content (AvgIpc) is 1.60. The third-order valence-corrected chi connectivity index (χ3v) is 16.5. The summed E-state index contributed by atoms with van der Waals surface area (Å²) in [7, 11) is 0. The Morgan fingerprint density at radius 1 is 0.489 bits per heavy atom. The van der Waals surface area contributed by atoms with Crippen molar-refractivity contribution >= 4 is 57.2 Å². The summed E-state index contributed by atoms with van der Waals surface area (Å²) in [6, 6.07) is 19.6. The number of hydrogen-bond donors (Lipinski definition) is 2. The highest BCUT2D eigenvalue weighted by Gasteiger charge is 2.41. The summed E-state index contributed by atoms with van der Waals surface area (Å²) >= 11 is 11.2. The van der Waals surface area contributed by atoms with Gasteiger partial charge in [0.25, 0.3) is 0 Å². The second-order valence-electron chi connectivity index (χ2n) is 23.3. The van der Waals surface area contributed by atoms with Crippen LogP contribution in [0.3, 0.4) is 0 Å². The van der Waals surface area contributed by atoms with E-state index in [0.717, 1.165) is 60.7 Å². The largest absolute Gasteiger partial charge is 0.478 e. The van der Waals surface area contributed by atoms with Crippen LogP contribution in [-0.4, -0.2) is 77.6 Å². The molecule has 10 aromatic rings. The number of imidazole rings is 2. The van der Waals surface area contributed by atoms with Crippen molar-refractivity contribution in [2.75, 3.05) is 26.4 Å². The molecule has 0 radical (unpaired) electrons. The van der Waals surface area contributed by atoms with Gasteiger partial charge in [0.1, 0.15) is 82.4 Å². The first-order chi connectivity index (χ1) is 43.6. The van der Waals surface area contributed by atoms with Gasteiger partial charge in [0.2, 0.25) is 11.8 Å². The number of fused-ring (bicyclic) bond motifs is 2. The molecule has 0 bridgehead atoms. The summed E-state index contributed by atoms with van der Waals surface area (Å²) < 4.78 is 174. The second kappa shape index (κ2) is 25.5. The molecule has 0 amide bonds. The minimum absolute atomic E-state index is 0.0172. The zero-order chi connectivity index (χ0) is 65.8. The van der Waals surface area contributed by atoms with Gasteiger partial charge in [-0.2, -0.15) is 0 Å². The molecule has 0 aliphatic carbocycles. The number of ether oxygens (including phenoxy) is 4. The van der Waals surface area contributed by atoms with Gasteiger partial charge in [-0.1, -0.05) is 63.0 Å². The lowest BCUT2D eigenvalue weighted by molar-refractivity contribution is 0.0686. The van der Waals surface area contributed by atoms with Crippen molar-refractivity contribution in [1.29, 1.82) is 0 Å². The highest BCUT2D eigenvalue weighted by atomic mass is 35.5. The quantitative estimate of drug-likeness (QED) is 0.0693. The van der Waals surface area contributed by atoms with E-state index in [4.69, 9.17) is 42.1 Å². The molecule has 2 saturated heterocycles. The summed E-state index contributed by atoms with van der Waals surface area (Å²) in [6.07, 6.45) is -0.488. The number of carbonyl (C=O) groups is 2. The molecule has 2 aliphatic rings. The Morgan fingerprint density at radius 2 is 0.859 bits per heavy atom. The van der Waals surface area contributed by atoms with Crippen LogP contribution in [0.1, 0.15) is 94.4 Å². The number of hydrogen-bond acceptors (Lipinski definition) is 10. The minimum atomic E-state index is -1.32. The molecule has 12 rings (SSSR count). The molecule has 6 aromatic carbocycles. The molecule has 2 N–H and O–H groups in total. The molecular weight excluding hydrogens is 1270 g/mol. The summed E-state index contributed by atoms with van der Waals surface area (Å²) in [6.45, 7) is 8.13. The standard InChI is InChI=1S/2C33H25ClF5N3O4/c2*1-33(2)15-45-14-28(33)42-27-9-17(32(43)44)7-25(39)31(27)41-29(42)10-16-6-23(37)19(11-21(16)35)26-4-3-5-30(40-26)46-13-18-8-24(38)20(34)12-22(18)36/h2*3-9,11-12,28H,10,13-15H2,1-2H3,(H,43,44). The summed E-state index contributed by atoms with van der Waals surface area (Å²) in [5, 5.41) is 18.3. The van der Waals surface area contributed by atoms with Gasteiger partial charge in [-0.15, -0.1) is 0 Å². The fourth-order valence-electron chi connectivity index (χ4n) is 11.1. The molecule has 92 heavy (non-hydrogen) atoms. The lowest BCUT2D eigenvalue weighted by Crippen LogP contribution is -2.27. The van der Waals surface area contributed by atoms with E-state index in [1.807, 2.05) is 27.7 Å². The summed E-state index contributed by atoms with van der Waals surface area (Å²) in [5.74, 6) is -10.5. The smallest absolute Gasteiger partial charge is 0.335 e. The average molecular weight is 1320 g/mol. The van der Waals surface area contributed by atoms with Crippen molar-refractivity contribution in [2.24, 2.45) is 10.8 Å². The predicted molar refractivity (Wildman–Crippen MR) is 317 cm³/mol. The van der Waals surface area contributed by atoms with Crippen molar-refractivity contribution in [3.63, 3.8) is 0 Å². The molecule has 0 spiro atoms. The third kappa shape index (κ3) is 13.1. The van der Waals surface area contributed by atoms with E-state index in [1.165, 1.54) is 48.5 Å². The van der Waals surface area contributed by atoms with Crippen LogP contribution < -0.4 is 9.47 Å². The normalized spacial score (nSPS) is 15.9. The topological polar surface area (TPSA) is 173 Å². The molecular formula is C66H50Cl2F10N6O8. The van der Waals surface area contributed by atoms with Gasteiger partial charge in [0.15, 0.2) is 11.6 Å². The van der Waals surface area contributed by atoms with E-state index < -0.39 is 106 Å². The van der Waals surface area contributed by atoms with E-state index >= 15 is 26.3 Å². The number of benzene rings is 6. The Balaban J connectivity index is 0.000000188. The van der Waals surface area contributed by atoms with E-state index in [9.17, 15) is 37.4 Å². The number of nitrogens with zero attached hydrogens (tertiary/aromatic N) is 6. The van der Waals surface area contributed by atoms with Crippen LogP contribution in [0.5, 0.6) is 11.8 Å². The van der Waals surface area contributed by atoms with Crippen molar-refractivity contribution in [3.05, 3.63) is 222 Å². The number of halogens is 12. The van der Waals surface area contributed by atoms with Gasteiger partial charge < -0.3 is 38.3 Å². The number of aromatic carboxylic acids is 2. The monoisotopic (exact) mass is 1310 g/mol. The van der Waals surface area contributed by atoms with Crippen LogP contribution in [0, 0.1) is 69.0 Å². The van der Waals surface area contributed by atoms with Crippen LogP contribution in [0.2, 0.25) is 10.0 Å². The maximum absolute atomic E-state index is 15.6. The van der Waals surface area contributed by atoms with Crippen molar-refractivity contribution < 1.29 is 82.7 Å². The molecule has 26 heteroatoms. The van der Waals surface area contributed by atoms with Gasteiger partial charge in [0.05, 0.1) is 82.1 Å². The number of aromatic nitrogens is 6. The molecule has 4 aromatic heterocycles. The lowest BCUT2D eigenvalue weighted by Gasteiger charge is -2.28. The van der Waals surface area contributed by atoms with Crippen LogP contribution in [0.15, 0.2) is 109 Å². The van der Waals surface area contributed by atoms with E-state index in [-0.39, 0.29) is 137 Å². The maximum atomic E-state index is 15.6. The van der Waals surface area contributed by atoms with Gasteiger partial charge in [-0.05, 0) is 96.1 Å². The van der Waals surface area contributed by atoms with Gasteiger partial charge in [-0.3, -0.25) is 0 Å². The predicted octanol–water partition coefficient (Wildman–Crippen LogP) is 15.8. The molecule has 6 heterocycles. The van der Waals surface area contributed by atoms with Gasteiger partial charge in [-0.25, -0.2) is 73.4 Å². The van der Waals surface area contributed by atoms with Crippen molar-refractivity contribution in [2.45, 2.75) is 65.8 Å². The molecule has 2 atom stereocenters. The highest BCUT2D eigenvalue weighted by Crippen LogP contribution is 2.43. The number of rotatable bonds is 16. The second-order valence-corrected chi connectivity index (χ2v) is 24.1. The molecule has 14 nitrogen and oxygen atoms in total. The molecule has 0 saturated carbocycles. The van der Waals surface area contributed by atoms with E-state index in [2.05, 4.69) is 19.9 Å². The van der Waals surface area contributed by atoms with Crippen LogP contribution in [0.25, 0.3) is 44.6 Å². The molecule has 2 unspecified atom stereocenters. The van der Waals surface area contributed by atoms with E-state index in [0.29, 0.717) is 13.2 Å². The summed E-state index contributed by atoms with van der Waals surface area (Å²) in [4.78, 5) is 40.6. The van der Waals surface area contributed by atoms with Crippen molar-refractivity contribution in [1.82, 2.24) is 29.1 Å². The van der Waals surface area contributed by atoms with Crippen LogP contribution in [0.4, 0.5) is 43.9 Å². The lowest BCUT2D eigenvalue weighted by atomic mass is 9.87. The maximum Gasteiger partial charge on any atom is 0.335 e. The Hall–Kier alpha value is -9.10. The first-order valence-electron chi connectivity index (χ1n) is 28.1. The Kier molecular flexibility index (Phi) is 17.9. The highest BCUT2D eigenvalue weighted by molar-refractivity contribution is 6.31. The Labute approximate surface area is 526 Å². The van der Waals surface area contributed by atoms with E-state index in [1.54, 1.807) is 9.13 Å². The zero-order valence-electron chi connectivity index (χ0n) is 48.8. The SMILES string of the molecule is CC1(C)COCC1n1c(Cc2cc(F)c(-c3cccc(OCc4cc(F)c(Cl)cc4F)n3)cc2F)nc2c(F)cc(C(=O)O)cc21.CC1(C)COCC1n1c(Cc2cc(F)c(-c3cccc(OCc4cc(F)c(Cl)cc4F)n3)cc2F)nc2c(F)cc(C(=O)O)cc21. The first-order valence-corrected chi connectivity index (χ1v) is 28.9. The molecule has 2 fully saturated rings. The number of pyridine rings is 2. The molecule has 476 valence electrons. The number of carboxylic acid groups (broad SMARTS) is 2. The molecule has 2 aliphatic heterocycles. The Bertz CT molecular complexity index is 4320. The third-order valence-electron chi connectivity index (χ3n) is 16.0. The fourth-order valence-corrected chi connectivity index (χ4v) is 11.4. The number of carboxylic acids is 2.